The lowest BCUT2D eigenvalue weighted by Crippen LogP contribution is -2.14. The molecule has 42 heavy (non-hydrogen) atoms. The van der Waals surface area contributed by atoms with Crippen molar-refractivity contribution in [1.29, 1.82) is 0 Å². The Labute approximate surface area is 234 Å². The van der Waals surface area contributed by atoms with E-state index in [2.05, 4.69) is 15.1 Å². The summed E-state index contributed by atoms with van der Waals surface area (Å²) in [6.45, 7) is 0. The molecule has 0 bridgehead atoms. The maximum atomic E-state index is 13.9. The summed E-state index contributed by atoms with van der Waals surface area (Å²) < 4.78 is 84.1. The van der Waals surface area contributed by atoms with Gasteiger partial charge >= 0.3 is 12.4 Å². The lowest BCUT2D eigenvalue weighted by Gasteiger charge is -2.12. The van der Waals surface area contributed by atoms with Crippen molar-refractivity contribution in [1.82, 2.24) is 19.7 Å². The summed E-state index contributed by atoms with van der Waals surface area (Å²) in [5, 5.41) is 4.11. The van der Waals surface area contributed by atoms with Crippen LogP contribution in [0, 0.1) is 0 Å². The number of pyridine rings is 1. The van der Waals surface area contributed by atoms with Crippen LogP contribution in [0.15, 0.2) is 97.3 Å². The number of rotatable bonds is 6. The van der Waals surface area contributed by atoms with E-state index in [9.17, 15) is 31.1 Å². The lowest BCUT2D eigenvalue weighted by molar-refractivity contribution is -0.137. The highest BCUT2D eigenvalue weighted by Crippen LogP contribution is 2.39. The zero-order valence-electron chi connectivity index (χ0n) is 21.4. The number of primary amides is 1. The molecule has 3 aromatic carbocycles. The summed E-state index contributed by atoms with van der Waals surface area (Å²) in [4.78, 5) is 20.7. The predicted octanol–water partition coefficient (Wildman–Crippen LogP) is 7.20. The molecular weight excluding hydrogens is 560 g/mol. The number of hydrogen-bond acceptors (Lipinski definition) is 4. The van der Waals surface area contributed by atoms with Crippen LogP contribution in [0.2, 0.25) is 0 Å². The Morgan fingerprint density at radius 2 is 1.33 bits per heavy atom. The lowest BCUT2D eigenvalue weighted by atomic mass is 10.0. The number of carbonyl (C=O) groups is 1. The van der Waals surface area contributed by atoms with Crippen LogP contribution in [0.5, 0.6) is 0 Å². The Morgan fingerprint density at radius 3 is 1.90 bits per heavy atom. The van der Waals surface area contributed by atoms with E-state index in [0.717, 1.165) is 46.3 Å². The van der Waals surface area contributed by atoms with Gasteiger partial charge in [-0.1, -0.05) is 66.7 Å². The number of benzene rings is 3. The molecular formula is C30H19F6N5O. The second-order valence-corrected chi connectivity index (χ2v) is 9.02. The average Bonchev–Trinajstić information content (AvgIpc) is 3.39. The normalized spacial score (nSPS) is 12.4. The van der Waals surface area contributed by atoms with Crippen LogP contribution in [0.1, 0.15) is 16.7 Å². The summed E-state index contributed by atoms with van der Waals surface area (Å²) in [6, 6.07) is 18.9. The molecule has 6 nitrogen and oxygen atoms in total. The van der Waals surface area contributed by atoms with Crippen LogP contribution in [0.4, 0.5) is 26.3 Å². The number of nitrogens with zero attached hydrogens (tertiary/aromatic N) is 4. The molecule has 0 unspecified atom stereocenters. The molecule has 212 valence electrons. The number of alkyl halides is 6. The van der Waals surface area contributed by atoms with Crippen LogP contribution >= 0.6 is 0 Å². The largest absolute Gasteiger partial charge is 0.417 e. The standard InChI is InChI=1S/C30H19F6N5O/c31-29(32,33)24-9-3-1-7-21(24)27-39-28(22-8-2-4-10-25(22)30(34,35)36)41(40-27)17-23(26(37)42)19-13-11-18(12-14-19)20-6-5-15-38-16-20/h1-17H,(H2,37,42)/b23-17+. The van der Waals surface area contributed by atoms with Crippen molar-refractivity contribution in [2.45, 2.75) is 12.4 Å². The molecule has 0 saturated heterocycles. The van der Waals surface area contributed by atoms with Gasteiger partial charge in [-0.2, -0.15) is 26.3 Å². The van der Waals surface area contributed by atoms with Gasteiger partial charge in [0.25, 0.3) is 5.91 Å². The Morgan fingerprint density at radius 1 is 0.738 bits per heavy atom. The third-order valence-corrected chi connectivity index (χ3v) is 6.29. The quantitative estimate of drug-likeness (QED) is 0.170. The zero-order valence-corrected chi connectivity index (χ0v) is 21.4. The number of hydrogen-bond donors (Lipinski definition) is 1. The summed E-state index contributed by atoms with van der Waals surface area (Å²) >= 11 is 0. The van der Waals surface area contributed by atoms with Crippen LogP contribution in [-0.2, 0) is 17.1 Å². The second kappa shape index (κ2) is 11.0. The van der Waals surface area contributed by atoms with Gasteiger partial charge in [-0.15, -0.1) is 5.10 Å². The highest BCUT2D eigenvalue weighted by molar-refractivity contribution is 6.22. The van der Waals surface area contributed by atoms with Crippen molar-refractivity contribution in [3.05, 3.63) is 114 Å². The minimum Gasteiger partial charge on any atom is -0.366 e. The fraction of sp³-hybridized carbons (Fsp3) is 0.0667. The first kappa shape index (κ1) is 28.3. The summed E-state index contributed by atoms with van der Waals surface area (Å²) in [6.07, 6.45) is -5.32. The summed E-state index contributed by atoms with van der Waals surface area (Å²) in [5.41, 5.74) is 4.24. The monoisotopic (exact) mass is 579 g/mol. The molecule has 2 N–H and O–H groups in total. The van der Waals surface area contributed by atoms with Crippen molar-refractivity contribution in [2.24, 2.45) is 5.73 Å². The van der Waals surface area contributed by atoms with E-state index >= 15 is 0 Å². The van der Waals surface area contributed by atoms with Gasteiger partial charge in [0.05, 0.1) is 16.7 Å². The fourth-order valence-corrected chi connectivity index (χ4v) is 4.34. The van der Waals surface area contributed by atoms with Crippen LogP contribution in [0.25, 0.3) is 45.7 Å². The molecule has 2 heterocycles. The molecule has 0 atom stereocenters. The maximum absolute atomic E-state index is 13.9. The van der Waals surface area contributed by atoms with Gasteiger partial charge in [-0.25, -0.2) is 9.67 Å². The molecule has 2 aromatic heterocycles. The topological polar surface area (TPSA) is 86.7 Å². The minimum atomic E-state index is -4.82. The highest BCUT2D eigenvalue weighted by atomic mass is 19.4. The molecule has 0 fully saturated rings. The highest BCUT2D eigenvalue weighted by Gasteiger charge is 2.37. The first-order valence-electron chi connectivity index (χ1n) is 12.3. The number of amides is 1. The Kier molecular flexibility index (Phi) is 7.38. The van der Waals surface area contributed by atoms with Crippen molar-refractivity contribution in [3.8, 4) is 33.9 Å². The zero-order chi connectivity index (χ0) is 30.1. The SMILES string of the molecule is NC(=O)/C(=C/n1nc(-c2ccccc2C(F)(F)F)nc1-c1ccccc1C(F)(F)F)c1ccc(-c2cccnc2)cc1. The molecule has 0 radical (unpaired) electrons. The van der Waals surface area contributed by atoms with E-state index in [1.165, 1.54) is 24.3 Å². The van der Waals surface area contributed by atoms with Gasteiger partial charge in [0.15, 0.2) is 11.6 Å². The van der Waals surface area contributed by atoms with E-state index in [1.54, 1.807) is 42.7 Å². The van der Waals surface area contributed by atoms with E-state index in [-0.39, 0.29) is 11.1 Å². The first-order chi connectivity index (χ1) is 19.9. The maximum Gasteiger partial charge on any atom is 0.417 e. The van der Waals surface area contributed by atoms with Gasteiger partial charge in [-0.3, -0.25) is 9.78 Å². The van der Waals surface area contributed by atoms with Gasteiger partial charge in [0.2, 0.25) is 0 Å². The molecule has 0 aliphatic heterocycles. The molecule has 0 aliphatic rings. The van der Waals surface area contributed by atoms with E-state index < -0.39 is 52.2 Å². The van der Waals surface area contributed by atoms with Gasteiger partial charge in [0.1, 0.15) is 0 Å². The van der Waals surface area contributed by atoms with E-state index in [0.29, 0.717) is 0 Å². The molecule has 0 spiro atoms. The number of aromatic nitrogens is 4. The number of halogens is 6. The Bertz CT molecular complexity index is 1770. The van der Waals surface area contributed by atoms with Crippen LogP contribution < -0.4 is 5.73 Å². The van der Waals surface area contributed by atoms with Crippen molar-refractivity contribution >= 4 is 17.7 Å². The number of carbonyl (C=O) groups excluding carboxylic acids is 1. The predicted molar refractivity (Wildman–Crippen MR) is 144 cm³/mol. The molecule has 5 rings (SSSR count). The average molecular weight is 580 g/mol. The van der Waals surface area contributed by atoms with Gasteiger partial charge < -0.3 is 5.73 Å². The van der Waals surface area contributed by atoms with Crippen molar-refractivity contribution in [3.63, 3.8) is 0 Å². The molecule has 12 heteroatoms. The molecule has 5 aromatic rings. The third kappa shape index (κ3) is 5.78. The smallest absolute Gasteiger partial charge is 0.366 e. The summed E-state index contributed by atoms with van der Waals surface area (Å²) in [5.74, 6) is -1.89. The molecule has 0 saturated carbocycles. The van der Waals surface area contributed by atoms with E-state index in [4.69, 9.17) is 5.73 Å². The second-order valence-electron chi connectivity index (χ2n) is 9.02. The number of nitrogens with two attached hydrogens (primary N) is 1. The molecule has 0 aliphatic carbocycles. The van der Waals surface area contributed by atoms with Crippen LogP contribution in [0.3, 0.4) is 0 Å². The fourth-order valence-electron chi connectivity index (χ4n) is 4.34. The van der Waals surface area contributed by atoms with Gasteiger partial charge in [0, 0.05) is 29.7 Å². The third-order valence-electron chi connectivity index (χ3n) is 6.29. The van der Waals surface area contributed by atoms with Crippen LogP contribution in [-0.4, -0.2) is 25.7 Å². The van der Waals surface area contributed by atoms with Crippen molar-refractivity contribution < 1.29 is 31.1 Å². The minimum absolute atomic E-state index is 0.168. The first-order valence-corrected chi connectivity index (χ1v) is 12.3. The Balaban J connectivity index is 1.71. The molecule has 1 amide bonds. The summed E-state index contributed by atoms with van der Waals surface area (Å²) in [7, 11) is 0. The Hall–Kier alpha value is -5.26. The van der Waals surface area contributed by atoms with Gasteiger partial charge in [-0.05, 0) is 34.9 Å². The van der Waals surface area contributed by atoms with E-state index in [1.807, 2.05) is 6.07 Å². The van der Waals surface area contributed by atoms with Crippen molar-refractivity contribution in [2.75, 3.05) is 0 Å².